The van der Waals surface area contributed by atoms with Crippen LogP contribution in [0.5, 0.6) is 0 Å². The Kier molecular flexibility index (Phi) is 2.87. The van der Waals surface area contributed by atoms with Crippen LogP contribution in [-0.4, -0.2) is 27.8 Å². The lowest BCUT2D eigenvalue weighted by Crippen LogP contribution is -2.60. The van der Waals surface area contributed by atoms with Gasteiger partial charge in [0, 0.05) is 15.3 Å². The molecule has 0 aromatic rings. The van der Waals surface area contributed by atoms with Crippen LogP contribution < -0.4 is 0 Å². The standard InChI is InChI=1S/C15H22BrClO2/c1-12(2)9(16)7-10(18)14(4)15(12)6-5-13(3,17)11(8-15)19-14/h7,10-11,18H,5-6,8H2,1-4H3. The van der Waals surface area contributed by atoms with E-state index in [-0.39, 0.29) is 21.8 Å². The number of alkyl halides is 1. The number of fused-ring (bicyclic) bond motifs is 1. The van der Waals surface area contributed by atoms with E-state index in [9.17, 15) is 5.11 Å². The lowest BCUT2D eigenvalue weighted by molar-refractivity contribution is -0.158. The van der Waals surface area contributed by atoms with E-state index in [0.717, 1.165) is 23.7 Å². The molecule has 1 spiro atoms. The van der Waals surface area contributed by atoms with Crippen molar-refractivity contribution >= 4 is 27.5 Å². The topological polar surface area (TPSA) is 29.5 Å². The van der Waals surface area contributed by atoms with Crippen molar-refractivity contribution < 1.29 is 9.84 Å². The molecule has 5 atom stereocenters. The van der Waals surface area contributed by atoms with Crippen LogP contribution in [0.1, 0.15) is 47.0 Å². The van der Waals surface area contributed by atoms with Crippen LogP contribution in [-0.2, 0) is 4.74 Å². The monoisotopic (exact) mass is 348 g/mol. The molecule has 5 unspecified atom stereocenters. The smallest absolute Gasteiger partial charge is 0.102 e. The number of hydrogen-bond acceptors (Lipinski definition) is 2. The second kappa shape index (κ2) is 3.79. The van der Waals surface area contributed by atoms with Crippen molar-refractivity contribution in [3.05, 3.63) is 10.6 Å². The lowest BCUT2D eigenvalue weighted by atomic mass is 9.49. The summed E-state index contributed by atoms with van der Waals surface area (Å²) in [5.41, 5.74) is -0.625. The Morgan fingerprint density at radius 3 is 2.58 bits per heavy atom. The number of aliphatic hydroxyl groups excluding tert-OH is 1. The fraction of sp³-hybridized carbons (Fsp3) is 0.867. The zero-order chi connectivity index (χ0) is 14.3. The normalized spacial score (nSPS) is 55.6. The molecule has 3 rings (SSSR count). The average Bonchev–Trinajstić information content (AvgIpc) is 2.58. The molecule has 108 valence electrons. The minimum Gasteiger partial charge on any atom is -0.386 e. The lowest BCUT2D eigenvalue weighted by Gasteiger charge is -2.57. The van der Waals surface area contributed by atoms with Gasteiger partial charge in [-0.3, -0.25) is 0 Å². The number of allylic oxidation sites excluding steroid dienone is 1. The predicted molar refractivity (Wildman–Crippen MR) is 80.6 cm³/mol. The van der Waals surface area contributed by atoms with Gasteiger partial charge in [0.25, 0.3) is 0 Å². The third kappa shape index (κ3) is 1.51. The molecule has 3 aliphatic rings. The highest BCUT2D eigenvalue weighted by atomic mass is 79.9. The van der Waals surface area contributed by atoms with Crippen LogP contribution in [0.4, 0.5) is 0 Å². The van der Waals surface area contributed by atoms with Crippen LogP contribution in [0.15, 0.2) is 10.6 Å². The molecule has 1 aliphatic heterocycles. The molecular formula is C15H22BrClO2. The van der Waals surface area contributed by atoms with Gasteiger partial charge in [0.2, 0.25) is 0 Å². The van der Waals surface area contributed by atoms with E-state index in [1.165, 1.54) is 0 Å². The predicted octanol–water partition coefficient (Wildman–Crippen LogP) is 3.99. The maximum absolute atomic E-state index is 10.6. The quantitative estimate of drug-likeness (QED) is 0.670. The largest absolute Gasteiger partial charge is 0.386 e. The summed E-state index contributed by atoms with van der Waals surface area (Å²) in [6, 6.07) is 0. The Morgan fingerprint density at radius 1 is 1.32 bits per heavy atom. The molecule has 2 bridgehead atoms. The highest BCUT2D eigenvalue weighted by Crippen LogP contribution is 2.70. The maximum atomic E-state index is 10.6. The summed E-state index contributed by atoms with van der Waals surface area (Å²) in [6.45, 7) is 8.63. The Labute approximate surface area is 128 Å². The van der Waals surface area contributed by atoms with Gasteiger partial charge in [0.15, 0.2) is 0 Å². The Bertz CT molecular complexity index is 459. The summed E-state index contributed by atoms with van der Waals surface area (Å²) < 4.78 is 7.42. The van der Waals surface area contributed by atoms with Crippen molar-refractivity contribution in [3.8, 4) is 0 Å². The van der Waals surface area contributed by atoms with Crippen molar-refractivity contribution in [2.75, 3.05) is 0 Å². The van der Waals surface area contributed by atoms with Crippen molar-refractivity contribution in [2.24, 2.45) is 10.8 Å². The molecule has 0 amide bonds. The van der Waals surface area contributed by atoms with Crippen molar-refractivity contribution in [1.82, 2.24) is 0 Å². The van der Waals surface area contributed by atoms with E-state index in [2.05, 4.69) is 43.6 Å². The number of halogens is 2. The van der Waals surface area contributed by atoms with E-state index in [0.29, 0.717) is 0 Å². The number of ether oxygens (including phenoxy) is 1. The van der Waals surface area contributed by atoms with Gasteiger partial charge in [-0.1, -0.05) is 29.8 Å². The molecule has 0 aromatic heterocycles. The van der Waals surface area contributed by atoms with Gasteiger partial charge in [-0.25, -0.2) is 0 Å². The molecule has 1 heterocycles. The second-order valence-corrected chi connectivity index (χ2v) is 9.08. The molecule has 1 saturated heterocycles. The fourth-order valence-electron chi connectivity index (χ4n) is 4.55. The minimum absolute atomic E-state index is 0.0219. The minimum atomic E-state index is -0.578. The Balaban J connectivity index is 2.17. The molecule has 0 radical (unpaired) electrons. The number of aliphatic hydroxyl groups is 1. The summed E-state index contributed by atoms with van der Waals surface area (Å²) in [4.78, 5) is -0.312. The number of hydrogen-bond donors (Lipinski definition) is 1. The fourth-order valence-corrected chi connectivity index (χ4v) is 5.40. The first kappa shape index (κ1) is 14.4. The van der Waals surface area contributed by atoms with E-state index < -0.39 is 11.7 Å². The molecule has 2 fully saturated rings. The van der Waals surface area contributed by atoms with Crippen LogP contribution in [0, 0.1) is 10.8 Å². The highest BCUT2D eigenvalue weighted by Gasteiger charge is 2.72. The van der Waals surface area contributed by atoms with Gasteiger partial charge in [0.05, 0.1) is 11.0 Å². The van der Waals surface area contributed by atoms with Gasteiger partial charge in [-0.2, -0.15) is 0 Å². The molecule has 1 saturated carbocycles. The van der Waals surface area contributed by atoms with E-state index in [1.807, 2.05) is 6.08 Å². The first-order chi connectivity index (χ1) is 8.57. The van der Waals surface area contributed by atoms with E-state index in [1.54, 1.807) is 0 Å². The van der Waals surface area contributed by atoms with Crippen molar-refractivity contribution in [3.63, 3.8) is 0 Å². The maximum Gasteiger partial charge on any atom is 0.102 e. The van der Waals surface area contributed by atoms with Crippen LogP contribution >= 0.6 is 27.5 Å². The summed E-state index contributed by atoms with van der Waals surface area (Å²) in [6.07, 6.45) is 4.20. The summed E-state index contributed by atoms with van der Waals surface area (Å²) in [5, 5.41) is 10.6. The summed E-state index contributed by atoms with van der Waals surface area (Å²) >= 11 is 10.3. The zero-order valence-electron chi connectivity index (χ0n) is 12.0. The molecule has 1 N–H and O–H groups in total. The Morgan fingerprint density at radius 2 is 1.95 bits per heavy atom. The SMILES string of the molecule is CC1(Cl)CCC23CC1OC2(C)C(O)C=C(Br)C3(C)C. The highest BCUT2D eigenvalue weighted by molar-refractivity contribution is 9.11. The molecule has 2 nitrogen and oxygen atoms in total. The van der Waals surface area contributed by atoms with Gasteiger partial charge >= 0.3 is 0 Å². The van der Waals surface area contributed by atoms with Gasteiger partial charge in [-0.15, -0.1) is 11.6 Å². The van der Waals surface area contributed by atoms with Crippen molar-refractivity contribution in [2.45, 2.75) is 69.6 Å². The van der Waals surface area contributed by atoms with Crippen LogP contribution in [0.3, 0.4) is 0 Å². The first-order valence-corrected chi connectivity index (χ1v) is 8.17. The molecule has 0 aromatic carbocycles. The Hall–Kier alpha value is 0.430. The number of rotatable bonds is 0. The average molecular weight is 350 g/mol. The molecule has 19 heavy (non-hydrogen) atoms. The molecule has 2 aliphatic carbocycles. The molecule has 4 heteroatoms. The third-order valence-corrected chi connectivity index (χ3v) is 7.93. The second-order valence-electron chi connectivity index (χ2n) is 7.36. The third-order valence-electron chi connectivity index (χ3n) is 6.25. The zero-order valence-corrected chi connectivity index (χ0v) is 14.3. The van der Waals surface area contributed by atoms with Gasteiger partial charge < -0.3 is 9.84 Å². The summed E-state index contributed by atoms with van der Waals surface area (Å²) in [7, 11) is 0. The van der Waals surface area contributed by atoms with E-state index >= 15 is 0 Å². The van der Waals surface area contributed by atoms with Gasteiger partial charge in [-0.05, 0) is 39.2 Å². The molecular weight excluding hydrogens is 328 g/mol. The van der Waals surface area contributed by atoms with Crippen LogP contribution in [0.25, 0.3) is 0 Å². The van der Waals surface area contributed by atoms with Gasteiger partial charge in [0.1, 0.15) is 11.7 Å². The van der Waals surface area contributed by atoms with Crippen LogP contribution in [0.2, 0.25) is 0 Å². The summed E-state index contributed by atoms with van der Waals surface area (Å²) in [5.74, 6) is 0. The van der Waals surface area contributed by atoms with E-state index in [4.69, 9.17) is 16.3 Å². The van der Waals surface area contributed by atoms with Crippen molar-refractivity contribution in [1.29, 1.82) is 0 Å². The first-order valence-electron chi connectivity index (χ1n) is 6.99.